The number of non-ortho nitro benzene ring substituents is 1. The van der Waals surface area contributed by atoms with Crippen LogP contribution in [-0.4, -0.2) is 40.0 Å². The lowest BCUT2D eigenvalue weighted by atomic mass is 10.1. The van der Waals surface area contributed by atoms with Gasteiger partial charge in [0.15, 0.2) is 0 Å². The maximum atomic E-state index is 12.3. The van der Waals surface area contributed by atoms with Gasteiger partial charge in [0, 0.05) is 38.3 Å². The number of halogens is 1. The minimum Gasteiger partial charge on any atom is -0.393 e. The molecule has 0 unspecified atom stereocenters. The van der Waals surface area contributed by atoms with E-state index < -0.39 is 10.8 Å². The van der Waals surface area contributed by atoms with E-state index in [1.54, 1.807) is 0 Å². The van der Waals surface area contributed by atoms with Gasteiger partial charge in [0.2, 0.25) is 0 Å². The van der Waals surface area contributed by atoms with Crippen LogP contribution < -0.4 is 5.32 Å². The number of carbonyl (C=O) groups is 1. The first-order valence-electron chi connectivity index (χ1n) is 9.13. The Morgan fingerprint density at radius 3 is 2.46 bits per heavy atom. The normalized spacial score (nSPS) is 15.4. The molecule has 0 spiro atoms. The first-order chi connectivity index (χ1) is 13.4. The number of carbonyl (C=O) groups excluding carboxylic acids is 1. The van der Waals surface area contributed by atoms with Crippen LogP contribution in [0, 0.1) is 10.1 Å². The number of nitro benzene ring substituents is 1. The van der Waals surface area contributed by atoms with Crippen LogP contribution in [0.25, 0.3) is 0 Å². The highest BCUT2D eigenvalue weighted by atomic mass is 35.5. The van der Waals surface area contributed by atoms with Gasteiger partial charge < -0.3 is 10.4 Å². The predicted molar refractivity (Wildman–Crippen MR) is 106 cm³/mol. The zero-order valence-corrected chi connectivity index (χ0v) is 16.1. The summed E-state index contributed by atoms with van der Waals surface area (Å²) < 4.78 is 0. The van der Waals surface area contributed by atoms with Crippen LogP contribution in [0.1, 0.15) is 34.3 Å². The largest absolute Gasteiger partial charge is 0.393 e. The lowest BCUT2D eigenvalue weighted by Gasteiger charge is -2.29. The van der Waals surface area contributed by atoms with Crippen LogP contribution in [-0.2, 0) is 13.1 Å². The highest BCUT2D eigenvalue weighted by molar-refractivity contribution is 6.33. The summed E-state index contributed by atoms with van der Waals surface area (Å²) in [5.74, 6) is -0.454. The number of benzene rings is 2. The Hall–Kier alpha value is -2.48. The molecule has 2 aromatic rings. The van der Waals surface area contributed by atoms with Gasteiger partial charge in [-0.15, -0.1) is 0 Å². The molecule has 0 saturated carbocycles. The van der Waals surface area contributed by atoms with Gasteiger partial charge in [-0.3, -0.25) is 19.8 Å². The van der Waals surface area contributed by atoms with E-state index in [9.17, 15) is 20.0 Å². The first-order valence-corrected chi connectivity index (χ1v) is 9.50. The average molecular weight is 404 g/mol. The van der Waals surface area contributed by atoms with Gasteiger partial charge in [-0.05, 0) is 30.0 Å². The van der Waals surface area contributed by atoms with Gasteiger partial charge in [0.25, 0.3) is 11.6 Å². The maximum Gasteiger partial charge on any atom is 0.270 e. The quantitative estimate of drug-likeness (QED) is 0.570. The number of aliphatic hydroxyl groups excluding tert-OH is 1. The maximum absolute atomic E-state index is 12.3. The summed E-state index contributed by atoms with van der Waals surface area (Å²) in [4.78, 5) is 24.9. The fraction of sp³-hybridized carbons (Fsp3) is 0.350. The number of hydrogen-bond donors (Lipinski definition) is 2. The SMILES string of the molecule is O=C(NCc1ccc(CN2CCC(O)CC2)cc1)c1cc([N+](=O)[O-])ccc1Cl. The summed E-state index contributed by atoms with van der Waals surface area (Å²) in [5.41, 5.74) is 2.00. The van der Waals surface area contributed by atoms with Gasteiger partial charge in [-0.1, -0.05) is 35.9 Å². The molecule has 1 amide bonds. The van der Waals surface area contributed by atoms with Crippen molar-refractivity contribution in [3.63, 3.8) is 0 Å². The highest BCUT2D eigenvalue weighted by Gasteiger charge is 2.17. The second-order valence-corrected chi connectivity index (χ2v) is 7.33. The van der Waals surface area contributed by atoms with E-state index in [1.165, 1.54) is 23.8 Å². The zero-order chi connectivity index (χ0) is 20.1. The van der Waals surface area contributed by atoms with E-state index in [0.717, 1.165) is 38.0 Å². The van der Waals surface area contributed by atoms with Crippen LogP contribution in [0.3, 0.4) is 0 Å². The first kappa shape index (κ1) is 20.3. The summed E-state index contributed by atoms with van der Waals surface area (Å²) >= 11 is 6.00. The van der Waals surface area contributed by atoms with Gasteiger partial charge in [-0.2, -0.15) is 0 Å². The molecule has 3 rings (SSSR count). The molecule has 0 aliphatic carbocycles. The number of hydrogen-bond acceptors (Lipinski definition) is 5. The average Bonchev–Trinajstić information content (AvgIpc) is 2.69. The van der Waals surface area contributed by atoms with E-state index in [1.807, 2.05) is 24.3 Å². The molecular formula is C20H22ClN3O4. The Morgan fingerprint density at radius 1 is 1.18 bits per heavy atom. The Balaban J connectivity index is 1.55. The van der Waals surface area contributed by atoms with Crippen LogP contribution in [0.2, 0.25) is 5.02 Å². The number of nitro groups is 1. The molecular weight excluding hydrogens is 382 g/mol. The monoisotopic (exact) mass is 403 g/mol. The van der Waals surface area contributed by atoms with Crippen LogP contribution in [0.4, 0.5) is 5.69 Å². The van der Waals surface area contributed by atoms with E-state index in [0.29, 0.717) is 6.54 Å². The fourth-order valence-electron chi connectivity index (χ4n) is 3.18. The van der Waals surface area contributed by atoms with E-state index >= 15 is 0 Å². The molecule has 0 radical (unpaired) electrons. The summed E-state index contributed by atoms with van der Waals surface area (Å²) in [5, 5.41) is 23.4. The minimum absolute atomic E-state index is 0.0831. The lowest BCUT2D eigenvalue weighted by Crippen LogP contribution is -2.35. The molecule has 1 fully saturated rings. The van der Waals surface area contributed by atoms with Crippen LogP contribution in [0.15, 0.2) is 42.5 Å². The molecule has 8 heteroatoms. The van der Waals surface area contributed by atoms with Crippen LogP contribution >= 0.6 is 11.6 Å². The molecule has 1 saturated heterocycles. The molecule has 28 heavy (non-hydrogen) atoms. The molecule has 1 aliphatic rings. The smallest absolute Gasteiger partial charge is 0.270 e. The van der Waals surface area contributed by atoms with Crippen molar-refractivity contribution in [1.29, 1.82) is 0 Å². The van der Waals surface area contributed by atoms with Crippen LogP contribution in [0.5, 0.6) is 0 Å². The Labute approximate surface area is 168 Å². The van der Waals surface area contributed by atoms with E-state index in [4.69, 9.17) is 11.6 Å². The van der Waals surface area contributed by atoms with Gasteiger partial charge in [0.1, 0.15) is 0 Å². The molecule has 0 atom stereocenters. The number of aliphatic hydroxyl groups is 1. The summed E-state index contributed by atoms with van der Waals surface area (Å²) in [6, 6.07) is 11.7. The highest BCUT2D eigenvalue weighted by Crippen LogP contribution is 2.22. The fourth-order valence-corrected chi connectivity index (χ4v) is 3.38. The summed E-state index contributed by atoms with van der Waals surface area (Å²) in [7, 11) is 0. The van der Waals surface area contributed by atoms with Gasteiger partial charge >= 0.3 is 0 Å². The van der Waals surface area contributed by atoms with Crippen molar-refractivity contribution in [3.8, 4) is 0 Å². The molecule has 2 aromatic carbocycles. The zero-order valence-electron chi connectivity index (χ0n) is 15.3. The number of amides is 1. The number of piperidine rings is 1. The van der Waals surface area contributed by atoms with Crippen molar-refractivity contribution >= 4 is 23.2 Å². The van der Waals surface area contributed by atoms with Gasteiger partial charge in [-0.25, -0.2) is 0 Å². The summed E-state index contributed by atoms with van der Waals surface area (Å²) in [6.07, 6.45) is 1.44. The molecule has 7 nitrogen and oxygen atoms in total. The van der Waals surface area contributed by atoms with Crippen molar-refractivity contribution < 1.29 is 14.8 Å². The third kappa shape index (κ3) is 5.28. The van der Waals surface area contributed by atoms with Crippen molar-refractivity contribution in [2.45, 2.75) is 32.0 Å². The molecule has 148 valence electrons. The summed E-state index contributed by atoms with van der Waals surface area (Å²) in [6.45, 7) is 2.92. The third-order valence-corrected chi connectivity index (χ3v) is 5.17. The Morgan fingerprint density at radius 2 is 1.82 bits per heavy atom. The molecule has 0 aromatic heterocycles. The van der Waals surface area contributed by atoms with Crippen molar-refractivity contribution in [3.05, 3.63) is 74.3 Å². The number of likely N-dealkylation sites (tertiary alicyclic amines) is 1. The topological polar surface area (TPSA) is 95.7 Å². The standard InChI is InChI=1S/C20H22ClN3O4/c21-19-6-5-16(24(27)28)11-18(19)20(26)22-12-14-1-3-15(4-2-14)13-23-9-7-17(25)8-10-23/h1-6,11,17,25H,7-10,12-13H2,(H,22,26). The number of rotatable bonds is 6. The van der Waals surface area contributed by atoms with Crippen molar-refractivity contribution in [2.75, 3.05) is 13.1 Å². The Kier molecular flexibility index (Phi) is 6.61. The van der Waals surface area contributed by atoms with Gasteiger partial charge in [0.05, 0.1) is 21.6 Å². The molecule has 1 aliphatic heterocycles. The minimum atomic E-state index is -0.561. The Bertz CT molecular complexity index is 849. The molecule has 1 heterocycles. The van der Waals surface area contributed by atoms with Crippen molar-refractivity contribution in [2.24, 2.45) is 0 Å². The molecule has 2 N–H and O–H groups in total. The van der Waals surface area contributed by atoms with Crippen molar-refractivity contribution in [1.82, 2.24) is 10.2 Å². The third-order valence-electron chi connectivity index (χ3n) is 4.84. The second-order valence-electron chi connectivity index (χ2n) is 6.93. The van der Waals surface area contributed by atoms with E-state index in [2.05, 4.69) is 10.2 Å². The number of nitrogens with zero attached hydrogens (tertiary/aromatic N) is 2. The lowest BCUT2D eigenvalue weighted by molar-refractivity contribution is -0.384. The number of nitrogens with one attached hydrogen (secondary N) is 1. The van der Waals surface area contributed by atoms with E-state index in [-0.39, 0.29) is 22.4 Å². The predicted octanol–water partition coefficient (Wildman–Crippen LogP) is 3.13. The molecule has 0 bridgehead atoms. The second kappa shape index (κ2) is 9.14.